The van der Waals surface area contributed by atoms with Gasteiger partial charge in [0, 0.05) is 0 Å². The molecule has 0 N–H and O–H groups in total. The van der Waals surface area contributed by atoms with Gasteiger partial charge in [0.2, 0.25) is 0 Å². The summed E-state index contributed by atoms with van der Waals surface area (Å²) in [4.78, 5) is 0. The predicted octanol–water partition coefficient (Wildman–Crippen LogP) is 4.42. The molecule has 2 atom stereocenters. The molecule has 0 heteroatoms. The summed E-state index contributed by atoms with van der Waals surface area (Å²) in [7, 11) is 0. The van der Waals surface area contributed by atoms with Gasteiger partial charge in [-0.15, -0.1) is 0 Å². The van der Waals surface area contributed by atoms with Crippen LogP contribution in [0.25, 0.3) is 0 Å². The zero-order valence-corrected chi connectivity index (χ0v) is 9.47. The molecule has 0 spiro atoms. The van der Waals surface area contributed by atoms with Gasteiger partial charge in [-0.2, -0.15) is 0 Å². The van der Waals surface area contributed by atoms with Gasteiger partial charge < -0.3 is 0 Å². The normalized spacial score (nSPS) is 28.3. The van der Waals surface area contributed by atoms with Gasteiger partial charge in [0.1, 0.15) is 0 Å². The van der Waals surface area contributed by atoms with Crippen molar-refractivity contribution in [3.05, 3.63) is 12.2 Å². The van der Waals surface area contributed by atoms with Crippen LogP contribution < -0.4 is 0 Å². The fourth-order valence-corrected chi connectivity index (χ4v) is 2.58. The standard InChI is InChI=1S/C13H24/c1-10(2)8-9-12-6-5-7-13(12)11(3)4/h10,12-13H,3,5-9H2,1-2,4H3. The average molecular weight is 180 g/mol. The molecule has 0 aliphatic heterocycles. The Hall–Kier alpha value is -0.260. The Morgan fingerprint density at radius 2 is 2.08 bits per heavy atom. The van der Waals surface area contributed by atoms with Gasteiger partial charge in [-0.25, -0.2) is 0 Å². The van der Waals surface area contributed by atoms with Crippen LogP contribution in [-0.4, -0.2) is 0 Å². The molecule has 1 saturated carbocycles. The lowest BCUT2D eigenvalue weighted by molar-refractivity contribution is 0.371. The molecule has 0 aromatic carbocycles. The summed E-state index contributed by atoms with van der Waals surface area (Å²) in [6.07, 6.45) is 7.10. The molecule has 13 heavy (non-hydrogen) atoms. The molecule has 0 aromatic heterocycles. The molecule has 1 rings (SSSR count). The molecule has 0 saturated heterocycles. The predicted molar refractivity (Wildman–Crippen MR) is 59.7 cm³/mol. The van der Waals surface area contributed by atoms with E-state index < -0.39 is 0 Å². The first-order valence-corrected chi connectivity index (χ1v) is 5.76. The van der Waals surface area contributed by atoms with Crippen molar-refractivity contribution >= 4 is 0 Å². The number of hydrogen-bond acceptors (Lipinski definition) is 0. The number of allylic oxidation sites excluding steroid dienone is 1. The van der Waals surface area contributed by atoms with Crippen LogP contribution in [-0.2, 0) is 0 Å². The van der Waals surface area contributed by atoms with Crippen LogP contribution in [0.4, 0.5) is 0 Å². The van der Waals surface area contributed by atoms with Gasteiger partial charge in [0.05, 0.1) is 0 Å². The van der Waals surface area contributed by atoms with E-state index in [4.69, 9.17) is 0 Å². The maximum absolute atomic E-state index is 4.11. The SMILES string of the molecule is C=C(C)C1CCCC1CCC(C)C. The lowest BCUT2D eigenvalue weighted by atomic mass is 9.85. The first-order valence-electron chi connectivity index (χ1n) is 5.76. The molecule has 1 aliphatic rings. The van der Waals surface area contributed by atoms with Crippen LogP contribution in [0.5, 0.6) is 0 Å². The molecule has 0 amide bonds. The van der Waals surface area contributed by atoms with Crippen LogP contribution in [0.1, 0.15) is 52.9 Å². The van der Waals surface area contributed by atoms with E-state index in [-0.39, 0.29) is 0 Å². The van der Waals surface area contributed by atoms with E-state index in [1.807, 2.05) is 0 Å². The Morgan fingerprint density at radius 1 is 1.38 bits per heavy atom. The largest absolute Gasteiger partial charge is 0.0999 e. The zero-order valence-electron chi connectivity index (χ0n) is 9.47. The van der Waals surface area contributed by atoms with Crippen molar-refractivity contribution in [1.29, 1.82) is 0 Å². The summed E-state index contributed by atoms with van der Waals surface area (Å²) in [6, 6.07) is 0. The van der Waals surface area contributed by atoms with Gasteiger partial charge in [-0.1, -0.05) is 38.8 Å². The van der Waals surface area contributed by atoms with Gasteiger partial charge in [0.15, 0.2) is 0 Å². The highest BCUT2D eigenvalue weighted by Gasteiger charge is 2.27. The van der Waals surface area contributed by atoms with Crippen LogP contribution in [0.15, 0.2) is 12.2 Å². The Bertz CT molecular complexity index is 167. The molecule has 76 valence electrons. The minimum atomic E-state index is 0.846. The van der Waals surface area contributed by atoms with E-state index in [1.54, 1.807) is 0 Å². The third kappa shape index (κ3) is 3.17. The lowest BCUT2D eigenvalue weighted by Crippen LogP contribution is -2.09. The fourth-order valence-electron chi connectivity index (χ4n) is 2.58. The van der Waals surface area contributed by atoms with Crippen molar-refractivity contribution in [2.24, 2.45) is 17.8 Å². The zero-order chi connectivity index (χ0) is 9.84. The second-order valence-electron chi connectivity index (χ2n) is 5.12. The van der Waals surface area contributed by atoms with E-state index >= 15 is 0 Å². The van der Waals surface area contributed by atoms with E-state index in [1.165, 1.54) is 37.7 Å². The van der Waals surface area contributed by atoms with E-state index in [9.17, 15) is 0 Å². The molecule has 0 aromatic rings. The highest BCUT2D eigenvalue weighted by molar-refractivity contribution is 5.01. The lowest BCUT2D eigenvalue weighted by Gasteiger charge is -2.20. The quantitative estimate of drug-likeness (QED) is 0.562. The number of rotatable bonds is 4. The van der Waals surface area contributed by atoms with Crippen molar-refractivity contribution in [1.82, 2.24) is 0 Å². The van der Waals surface area contributed by atoms with E-state index in [0.29, 0.717) is 0 Å². The Labute approximate surface area is 83.4 Å². The van der Waals surface area contributed by atoms with Gasteiger partial charge in [0.25, 0.3) is 0 Å². The van der Waals surface area contributed by atoms with Crippen LogP contribution in [0.2, 0.25) is 0 Å². The molecule has 0 bridgehead atoms. The molecular formula is C13H24. The van der Waals surface area contributed by atoms with Crippen LogP contribution in [0, 0.1) is 17.8 Å². The topological polar surface area (TPSA) is 0 Å². The van der Waals surface area contributed by atoms with Crippen molar-refractivity contribution in [3.63, 3.8) is 0 Å². The Morgan fingerprint density at radius 3 is 2.62 bits per heavy atom. The van der Waals surface area contributed by atoms with Gasteiger partial charge >= 0.3 is 0 Å². The maximum Gasteiger partial charge on any atom is -0.0180 e. The second-order valence-corrected chi connectivity index (χ2v) is 5.12. The first-order chi connectivity index (χ1) is 6.11. The van der Waals surface area contributed by atoms with Crippen molar-refractivity contribution in [2.75, 3.05) is 0 Å². The first kappa shape index (κ1) is 10.8. The summed E-state index contributed by atoms with van der Waals surface area (Å²) < 4.78 is 0. The van der Waals surface area contributed by atoms with E-state index in [0.717, 1.165) is 17.8 Å². The van der Waals surface area contributed by atoms with Crippen LogP contribution >= 0.6 is 0 Å². The minimum absolute atomic E-state index is 0.846. The summed E-state index contributed by atoms with van der Waals surface area (Å²) in [5, 5.41) is 0. The van der Waals surface area contributed by atoms with E-state index in [2.05, 4.69) is 27.4 Å². The van der Waals surface area contributed by atoms with Crippen molar-refractivity contribution in [2.45, 2.75) is 52.9 Å². The smallest absolute Gasteiger partial charge is 0.0180 e. The monoisotopic (exact) mass is 180 g/mol. The summed E-state index contributed by atoms with van der Waals surface area (Å²) in [6.45, 7) is 11.0. The minimum Gasteiger partial charge on any atom is -0.0999 e. The highest BCUT2D eigenvalue weighted by atomic mass is 14.3. The summed E-state index contributed by atoms with van der Waals surface area (Å²) in [5.74, 6) is 2.67. The third-order valence-corrected chi connectivity index (χ3v) is 3.41. The summed E-state index contributed by atoms with van der Waals surface area (Å²) >= 11 is 0. The van der Waals surface area contributed by atoms with Gasteiger partial charge in [-0.3, -0.25) is 0 Å². The fraction of sp³-hybridized carbons (Fsp3) is 0.846. The average Bonchev–Trinajstić information content (AvgIpc) is 2.47. The summed E-state index contributed by atoms with van der Waals surface area (Å²) in [5.41, 5.74) is 1.42. The molecular weight excluding hydrogens is 156 g/mol. The third-order valence-electron chi connectivity index (χ3n) is 3.41. The molecule has 0 heterocycles. The van der Waals surface area contributed by atoms with Gasteiger partial charge in [-0.05, 0) is 43.9 Å². The van der Waals surface area contributed by atoms with Crippen molar-refractivity contribution < 1.29 is 0 Å². The number of hydrogen-bond donors (Lipinski definition) is 0. The van der Waals surface area contributed by atoms with Crippen molar-refractivity contribution in [3.8, 4) is 0 Å². The molecule has 1 fully saturated rings. The Balaban J connectivity index is 2.35. The molecule has 0 radical (unpaired) electrons. The Kier molecular flexibility index (Phi) is 4.02. The van der Waals surface area contributed by atoms with Crippen LogP contribution in [0.3, 0.4) is 0 Å². The second kappa shape index (κ2) is 4.83. The molecule has 0 nitrogen and oxygen atoms in total. The maximum atomic E-state index is 4.11. The molecule has 1 aliphatic carbocycles. The highest BCUT2D eigenvalue weighted by Crippen LogP contribution is 2.39. The molecule has 2 unspecified atom stereocenters.